The molecule has 110 valence electrons. The van der Waals surface area contributed by atoms with Crippen molar-refractivity contribution < 1.29 is 9.18 Å². The van der Waals surface area contributed by atoms with E-state index in [-0.39, 0.29) is 17.1 Å². The molecule has 1 aliphatic heterocycles. The summed E-state index contributed by atoms with van der Waals surface area (Å²) in [5.41, 5.74) is 0.576. The maximum absolute atomic E-state index is 13.9. The van der Waals surface area contributed by atoms with Crippen LogP contribution in [0.2, 0.25) is 0 Å². The van der Waals surface area contributed by atoms with E-state index in [1.165, 1.54) is 15.8 Å². The van der Waals surface area contributed by atoms with Crippen molar-refractivity contribution in [1.82, 2.24) is 4.90 Å². The maximum atomic E-state index is 13.9. The van der Waals surface area contributed by atoms with Crippen LogP contribution in [0.5, 0.6) is 0 Å². The molecule has 2 nitrogen and oxygen atoms in total. The van der Waals surface area contributed by atoms with Crippen molar-refractivity contribution in [3.63, 3.8) is 0 Å². The molecule has 2 aromatic rings. The third-order valence-corrected chi connectivity index (χ3v) is 5.96. The maximum Gasteiger partial charge on any atom is 0.224 e. The second kappa shape index (κ2) is 6.20. The molecule has 0 bridgehead atoms. The molecule has 1 saturated heterocycles. The van der Waals surface area contributed by atoms with Crippen LogP contribution in [-0.4, -0.2) is 16.6 Å². The van der Waals surface area contributed by atoms with Crippen LogP contribution in [0.4, 0.5) is 4.39 Å². The highest BCUT2D eigenvalue weighted by Crippen LogP contribution is 2.41. The number of benzene rings is 1. The molecule has 1 atom stereocenters. The SMILES string of the molecule is Cc1ccc(C2SCCC(=O)N2Cc2ccccc2F)s1. The molecule has 0 aliphatic carbocycles. The largest absolute Gasteiger partial charge is 0.321 e. The van der Waals surface area contributed by atoms with E-state index < -0.39 is 0 Å². The predicted molar refractivity (Wildman–Crippen MR) is 85.8 cm³/mol. The lowest BCUT2D eigenvalue weighted by molar-refractivity contribution is -0.132. The highest BCUT2D eigenvalue weighted by atomic mass is 32.2. The number of carbonyl (C=O) groups is 1. The van der Waals surface area contributed by atoms with E-state index in [0.717, 1.165) is 5.75 Å². The van der Waals surface area contributed by atoms with Gasteiger partial charge in [-0.25, -0.2) is 4.39 Å². The number of thiophene rings is 1. The van der Waals surface area contributed by atoms with Crippen molar-refractivity contribution in [2.45, 2.75) is 25.3 Å². The molecule has 2 heterocycles. The van der Waals surface area contributed by atoms with Crippen LogP contribution in [0.25, 0.3) is 0 Å². The molecule has 1 unspecified atom stereocenters. The number of hydrogen-bond acceptors (Lipinski definition) is 3. The Kier molecular flexibility index (Phi) is 4.31. The number of rotatable bonds is 3. The van der Waals surface area contributed by atoms with Gasteiger partial charge in [0.05, 0.1) is 6.54 Å². The first-order chi connectivity index (χ1) is 10.1. The van der Waals surface area contributed by atoms with Gasteiger partial charge < -0.3 is 4.90 Å². The summed E-state index contributed by atoms with van der Waals surface area (Å²) in [6, 6.07) is 10.8. The Bertz CT molecular complexity index is 655. The number of thioether (sulfide) groups is 1. The summed E-state index contributed by atoms with van der Waals surface area (Å²) < 4.78 is 13.9. The average Bonchev–Trinajstić information content (AvgIpc) is 2.90. The molecule has 1 fully saturated rings. The molecule has 0 N–H and O–H groups in total. The second-order valence-electron chi connectivity index (χ2n) is 5.03. The fraction of sp³-hybridized carbons (Fsp3) is 0.312. The number of halogens is 1. The van der Waals surface area contributed by atoms with Crippen LogP contribution >= 0.6 is 23.1 Å². The van der Waals surface area contributed by atoms with E-state index in [1.54, 1.807) is 40.1 Å². The van der Waals surface area contributed by atoms with Crippen LogP contribution in [0.1, 0.15) is 27.1 Å². The lowest BCUT2D eigenvalue weighted by Gasteiger charge is -2.34. The van der Waals surface area contributed by atoms with E-state index in [1.807, 2.05) is 6.07 Å². The van der Waals surface area contributed by atoms with Crippen molar-refractivity contribution in [1.29, 1.82) is 0 Å². The molecular formula is C16H16FNOS2. The van der Waals surface area contributed by atoms with Crippen molar-refractivity contribution in [2.75, 3.05) is 5.75 Å². The van der Waals surface area contributed by atoms with Crippen molar-refractivity contribution >= 4 is 29.0 Å². The van der Waals surface area contributed by atoms with Gasteiger partial charge in [-0.1, -0.05) is 18.2 Å². The van der Waals surface area contributed by atoms with E-state index in [9.17, 15) is 9.18 Å². The first kappa shape index (κ1) is 14.6. The number of aryl methyl sites for hydroxylation is 1. The van der Waals surface area contributed by atoms with Crippen molar-refractivity contribution in [3.05, 3.63) is 57.5 Å². The summed E-state index contributed by atoms with van der Waals surface area (Å²) in [6.45, 7) is 2.39. The molecule has 1 aromatic heterocycles. The van der Waals surface area contributed by atoms with Gasteiger partial charge in [0.1, 0.15) is 11.2 Å². The highest BCUT2D eigenvalue weighted by molar-refractivity contribution is 7.99. The lowest BCUT2D eigenvalue weighted by Crippen LogP contribution is -2.36. The molecule has 0 radical (unpaired) electrons. The van der Waals surface area contributed by atoms with Gasteiger partial charge in [-0.05, 0) is 25.1 Å². The van der Waals surface area contributed by atoms with Crippen LogP contribution in [-0.2, 0) is 11.3 Å². The minimum Gasteiger partial charge on any atom is -0.321 e. The van der Waals surface area contributed by atoms with Gasteiger partial charge in [-0.3, -0.25) is 4.79 Å². The topological polar surface area (TPSA) is 20.3 Å². The Balaban J connectivity index is 1.88. The summed E-state index contributed by atoms with van der Waals surface area (Å²) in [4.78, 5) is 16.5. The van der Waals surface area contributed by atoms with Crippen molar-refractivity contribution in [2.24, 2.45) is 0 Å². The molecular weight excluding hydrogens is 305 g/mol. The van der Waals surface area contributed by atoms with Crippen LogP contribution in [0.15, 0.2) is 36.4 Å². The molecule has 3 rings (SSSR count). The zero-order chi connectivity index (χ0) is 14.8. The van der Waals surface area contributed by atoms with Gasteiger partial charge in [0.25, 0.3) is 0 Å². The zero-order valence-corrected chi connectivity index (χ0v) is 13.3. The van der Waals surface area contributed by atoms with Gasteiger partial charge in [-0.15, -0.1) is 23.1 Å². The third kappa shape index (κ3) is 3.14. The zero-order valence-electron chi connectivity index (χ0n) is 11.7. The van der Waals surface area contributed by atoms with E-state index in [4.69, 9.17) is 0 Å². The summed E-state index contributed by atoms with van der Waals surface area (Å²) in [5.74, 6) is 0.684. The second-order valence-corrected chi connectivity index (χ2v) is 7.54. The first-order valence-electron chi connectivity index (χ1n) is 6.86. The van der Waals surface area contributed by atoms with Crippen LogP contribution < -0.4 is 0 Å². The minimum absolute atomic E-state index is 0.00422. The smallest absolute Gasteiger partial charge is 0.224 e. The summed E-state index contributed by atoms with van der Waals surface area (Å²) in [6.07, 6.45) is 0.528. The molecule has 21 heavy (non-hydrogen) atoms. The molecule has 0 spiro atoms. The Labute approximate surface area is 132 Å². The summed E-state index contributed by atoms with van der Waals surface area (Å²) >= 11 is 3.47. The minimum atomic E-state index is -0.248. The molecule has 1 aliphatic rings. The lowest BCUT2D eigenvalue weighted by atomic mass is 10.2. The average molecular weight is 321 g/mol. The normalized spacial score (nSPS) is 19.0. The standard InChI is InChI=1S/C16H16FNOS2/c1-11-6-7-14(21-11)16-18(15(19)8-9-20-16)10-12-4-2-3-5-13(12)17/h2-7,16H,8-10H2,1H3. The fourth-order valence-electron chi connectivity index (χ4n) is 2.43. The highest BCUT2D eigenvalue weighted by Gasteiger charge is 2.31. The number of amides is 1. The quantitative estimate of drug-likeness (QED) is 0.837. The summed E-state index contributed by atoms with van der Waals surface area (Å²) in [5, 5.41) is 0.00422. The Morgan fingerprint density at radius 1 is 1.29 bits per heavy atom. The van der Waals surface area contributed by atoms with Crippen LogP contribution in [0, 0.1) is 12.7 Å². The van der Waals surface area contributed by atoms with Gasteiger partial charge >= 0.3 is 0 Å². The fourth-order valence-corrected chi connectivity index (χ4v) is 4.78. The van der Waals surface area contributed by atoms with Crippen LogP contribution in [0.3, 0.4) is 0 Å². The molecule has 5 heteroatoms. The first-order valence-corrected chi connectivity index (χ1v) is 8.72. The van der Waals surface area contributed by atoms with Gasteiger partial charge in [-0.2, -0.15) is 0 Å². The van der Waals surface area contributed by atoms with E-state index in [2.05, 4.69) is 19.1 Å². The van der Waals surface area contributed by atoms with Gasteiger partial charge in [0.15, 0.2) is 0 Å². The number of hydrogen-bond donors (Lipinski definition) is 0. The van der Waals surface area contributed by atoms with Crippen molar-refractivity contribution in [3.8, 4) is 0 Å². The van der Waals surface area contributed by atoms with E-state index in [0.29, 0.717) is 18.5 Å². The monoisotopic (exact) mass is 321 g/mol. The molecule has 1 aromatic carbocycles. The third-order valence-electron chi connectivity index (χ3n) is 3.50. The Morgan fingerprint density at radius 3 is 2.81 bits per heavy atom. The summed E-state index contributed by atoms with van der Waals surface area (Å²) in [7, 11) is 0. The Hall–Kier alpha value is -1.33. The molecule has 1 amide bonds. The van der Waals surface area contributed by atoms with Gasteiger partial charge in [0, 0.05) is 27.5 Å². The Morgan fingerprint density at radius 2 is 2.10 bits per heavy atom. The number of nitrogens with zero attached hydrogens (tertiary/aromatic N) is 1. The predicted octanol–water partition coefficient (Wildman–Crippen LogP) is 4.36. The molecule has 0 saturated carbocycles. The number of carbonyl (C=O) groups excluding carboxylic acids is 1. The van der Waals surface area contributed by atoms with Gasteiger partial charge in [0.2, 0.25) is 5.91 Å². The van der Waals surface area contributed by atoms with E-state index >= 15 is 0 Å².